The first-order valence-electron chi connectivity index (χ1n) is 8.98. The van der Waals surface area contributed by atoms with Gasteiger partial charge in [0.05, 0.1) is 6.04 Å². The predicted octanol–water partition coefficient (Wildman–Crippen LogP) is 3.47. The second-order valence-electron chi connectivity index (χ2n) is 6.61. The summed E-state index contributed by atoms with van der Waals surface area (Å²) in [6, 6.07) is 19.1. The van der Waals surface area contributed by atoms with E-state index in [-0.39, 0.29) is 18.9 Å². The van der Waals surface area contributed by atoms with Crippen molar-refractivity contribution in [3.05, 3.63) is 82.0 Å². The van der Waals surface area contributed by atoms with Gasteiger partial charge in [0.1, 0.15) is 6.61 Å². The largest absolute Gasteiger partial charge is 0.550 e. The van der Waals surface area contributed by atoms with Crippen LogP contribution in [-0.2, 0) is 9.53 Å². The molecule has 0 saturated heterocycles. The molecule has 142 valence electrons. The quantitative estimate of drug-likeness (QED) is 0.697. The molecule has 1 heterocycles. The zero-order chi connectivity index (χ0) is 19.5. The van der Waals surface area contributed by atoms with Crippen LogP contribution in [-0.4, -0.2) is 18.7 Å². The smallest absolute Gasteiger partial charge is 0.407 e. The topological polar surface area (TPSA) is 78.5 Å². The van der Waals surface area contributed by atoms with Crippen LogP contribution >= 0.6 is 11.3 Å². The summed E-state index contributed by atoms with van der Waals surface area (Å²) in [5, 5.41) is 15.5. The van der Waals surface area contributed by atoms with Gasteiger partial charge in [0.15, 0.2) is 0 Å². The second kappa shape index (κ2) is 7.86. The fraction of sp³-hybridized carbons (Fsp3) is 0.182. The molecule has 1 aliphatic rings. The van der Waals surface area contributed by atoms with Crippen molar-refractivity contribution in [3.63, 3.8) is 0 Å². The van der Waals surface area contributed by atoms with E-state index in [9.17, 15) is 14.7 Å². The molecule has 1 atom stereocenters. The van der Waals surface area contributed by atoms with Crippen LogP contribution in [0.15, 0.2) is 66.0 Å². The molecule has 0 bridgehead atoms. The lowest BCUT2D eigenvalue weighted by molar-refractivity contribution is -0.306. The minimum absolute atomic E-state index is 0.0421. The highest BCUT2D eigenvalue weighted by Crippen LogP contribution is 2.44. The molecule has 1 amide bonds. The van der Waals surface area contributed by atoms with Gasteiger partial charge in [0.25, 0.3) is 0 Å². The molecule has 1 aliphatic carbocycles. The molecule has 4 rings (SSSR count). The fourth-order valence-electron chi connectivity index (χ4n) is 3.66. The number of aliphatic carboxylic acids is 1. The molecule has 0 aliphatic heterocycles. The minimum atomic E-state index is -1.22. The van der Waals surface area contributed by atoms with Gasteiger partial charge < -0.3 is 20.0 Å². The number of fused-ring (bicyclic) bond motifs is 3. The summed E-state index contributed by atoms with van der Waals surface area (Å²) in [6.07, 6.45) is -0.938. The van der Waals surface area contributed by atoms with Crippen molar-refractivity contribution < 1.29 is 19.4 Å². The first-order chi connectivity index (χ1) is 13.6. The van der Waals surface area contributed by atoms with Gasteiger partial charge in [0, 0.05) is 23.2 Å². The molecule has 0 radical (unpaired) electrons. The molecule has 1 N–H and O–H groups in total. The number of alkyl carbamates (subject to hydrolysis) is 1. The number of ether oxygens (including phenoxy) is 1. The molecule has 0 fully saturated rings. The summed E-state index contributed by atoms with van der Waals surface area (Å²) < 4.78 is 5.49. The number of amides is 1. The maximum atomic E-state index is 12.4. The van der Waals surface area contributed by atoms with E-state index in [2.05, 4.69) is 17.4 Å². The van der Waals surface area contributed by atoms with Crippen molar-refractivity contribution in [2.45, 2.75) is 18.4 Å². The molecule has 6 heteroatoms. The molecular weight excluding hydrogens is 374 g/mol. The Morgan fingerprint density at radius 3 is 2.21 bits per heavy atom. The van der Waals surface area contributed by atoms with Crippen molar-refractivity contribution >= 4 is 23.4 Å². The lowest BCUT2D eigenvalue weighted by Crippen LogP contribution is -2.34. The number of nitrogens with one attached hydrogen (secondary N) is 1. The summed E-state index contributed by atoms with van der Waals surface area (Å²) in [6.45, 7) is 0.183. The lowest BCUT2D eigenvalue weighted by atomic mass is 9.98. The first-order valence-corrected chi connectivity index (χ1v) is 9.86. The Hall–Kier alpha value is -3.12. The van der Waals surface area contributed by atoms with Crippen LogP contribution in [0.3, 0.4) is 0 Å². The van der Waals surface area contributed by atoms with Crippen molar-refractivity contribution in [3.8, 4) is 11.1 Å². The normalized spacial score (nSPS) is 13.4. The SMILES string of the molecule is O=C([O-])C[C@H](NC(=O)OCC1c2ccccc2-c2ccccc21)c1cccs1. The van der Waals surface area contributed by atoms with Crippen LogP contribution in [0.1, 0.15) is 34.4 Å². The van der Waals surface area contributed by atoms with Crippen molar-refractivity contribution in [2.24, 2.45) is 0 Å². The molecular formula is C22H18NO4S-. The maximum Gasteiger partial charge on any atom is 0.407 e. The molecule has 0 spiro atoms. The number of benzene rings is 2. The van der Waals surface area contributed by atoms with E-state index in [4.69, 9.17) is 4.74 Å². The van der Waals surface area contributed by atoms with Crippen molar-refractivity contribution in [2.75, 3.05) is 6.61 Å². The van der Waals surface area contributed by atoms with Crippen molar-refractivity contribution in [1.82, 2.24) is 5.32 Å². The number of hydrogen-bond acceptors (Lipinski definition) is 5. The van der Waals surface area contributed by atoms with E-state index in [0.717, 1.165) is 27.1 Å². The number of thiophene rings is 1. The lowest BCUT2D eigenvalue weighted by Gasteiger charge is -2.19. The van der Waals surface area contributed by atoms with E-state index < -0.39 is 18.1 Å². The summed E-state index contributed by atoms with van der Waals surface area (Å²) >= 11 is 1.38. The van der Waals surface area contributed by atoms with E-state index in [1.807, 2.05) is 47.8 Å². The van der Waals surface area contributed by atoms with Gasteiger partial charge in [-0.05, 0) is 33.7 Å². The summed E-state index contributed by atoms with van der Waals surface area (Å²) in [4.78, 5) is 24.1. The highest BCUT2D eigenvalue weighted by Gasteiger charge is 2.29. The number of carbonyl (C=O) groups is 2. The molecule has 5 nitrogen and oxygen atoms in total. The molecule has 0 saturated carbocycles. The number of carboxylic acids is 1. The van der Waals surface area contributed by atoms with Crippen molar-refractivity contribution in [1.29, 1.82) is 0 Å². The highest BCUT2D eigenvalue weighted by atomic mass is 32.1. The summed E-state index contributed by atoms with van der Waals surface area (Å²) in [7, 11) is 0. The maximum absolute atomic E-state index is 12.4. The third-order valence-corrected chi connectivity index (χ3v) is 5.88. The highest BCUT2D eigenvalue weighted by molar-refractivity contribution is 7.10. The standard InChI is InChI=1S/C22H19NO4S/c24-21(25)12-19(20-10-5-11-28-20)23-22(26)27-13-18-16-8-3-1-6-14(16)15-7-2-4-9-17(15)18/h1-11,18-19H,12-13H2,(H,23,26)(H,24,25)/p-1/t19-/m0/s1. The molecule has 3 aromatic rings. The zero-order valence-electron chi connectivity index (χ0n) is 15.0. The van der Waals surface area contributed by atoms with Gasteiger partial charge in [-0.3, -0.25) is 0 Å². The van der Waals surface area contributed by atoms with Gasteiger partial charge >= 0.3 is 6.09 Å². The monoisotopic (exact) mass is 392 g/mol. The first kappa shape index (κ1) is 18.3. The number of carboxylic acid groups (broad SMARTS) is 1. The Labute approximate surface area is 166 Å². The average molecular weight is 392 g/mol. The van der Waals surface area contributed by atoms with E-state index in [1.165, 1.54) is 11.3 Å². The minimum Gasteiger partial charge on any atom is -0.550 e. The Balaban J connectivity index is 1.47. The Bertz CT molecular complexity index is 954. The third kappa shape index (κ3) is 3.64. The van der Waals surface area contributed by atoms with E-state index in [0.29, 0.717) is 0 Å². The summed E-state index contributed by atoms with van der Waals surface area (Å²) in [5.74, 6) is -1.27. The van der Waals surface area contributed by atoms with Gasteiger partial charge in [-0.1, -0.05) is 54.6 Å². The van der Waals surface area contributed by atoms with E-state index >= 15 is 0 Å². The van der Waals surface area contributed by atoms with Crippen LogP contribution < -0.4 is 10.4 Å². The van der Waals surface area contributed by atoms with E-state index in [1.54, 1.807) is 6.07 Å². The predicted molar refractivity (Wildman–Crippen MR) is 105 cm³/mol. The van der Waals surface area contributed by atoms with Crippen LogP contribution in [0.25, 0.3) is 11.1 Å². The van der Waals surface area contributed by atoms with Crippen LogP contribution in [0.2, 0.25) is 0 Å². The van der Waals surface area contributed by atoms with Crippen LogP contribution in [0.5, 0.6) is 0 Å². The van der Waals surface area contributed by atoms with Gasteiger partial charge in [0.2, 0.25) is 0 Å². The Morgan fingerprint density at radius 1 is 1.00 bits per heavy atom. The average Bonchev–Trinajstić information content (AvgIpc) is 3.32. The number of carbonyl (C=O) groups excluding carboxylic acids is 2. The molecule has 1 aromatic heterocycles. The van der Waals surface area contributed by atoms with Gasteiger partial charge in [-0.15, -0.1) is 11.3 Å². The van der Waals surface area contributed by atoms with Gasteiger partial charge in [-0.25, -0.2) is 4.79 Å². The van der Waals surface area contributed by atoms with Gasteiger partial charge in [-0.2, -0.15) is 0 Å². The zero-order valence-corrected chi connectivity index (χ0v) is 15.8. The number of hydrogen-bond donors (Lipinski definition) is 1. The molecule has 0 unspecified atom stereocenters. The van der Waals surface area contributed by atoms with Crippen LogP contribution in [0.4, 0.5) is 4.79 Å². The molecule has 2 aromatic carbocycles. The third-order valence-electron chi connectivity index (χ3n) is 4.89. The fourth-order valence-corrected chi connectivity index (χ4v) is 4.44. The Morgan fingerprint density at radius 2 is 1.64 bits per heavy atom. The van der Waals surface area contributed by atoms with Crippen LogP contribution in [0, 0.1) is 0 Å². The Kier molecular flexibility index (Phi) is 5.12. The number of rotatable bonds is 6. The second-order valence-corrected chi connectivity index (χ2v) is 7.59. The molecule has 28 heavy (non-hydrogen) atoms. The summed E-state index contributed by atoms with van der Waals surface area (Å²) in [5.41, 5.74) is 4.56.